The van der Waals surface area contributed by atoms with Gasteiger partial charge >= 0.3 is 6.09 Å². The van der Waals surface area contributed by atoms with Crippen molar-refractivity contribution in [2.24, 2.45) is 5.92 Å². The summed E-state index contributed by atoms with van der Waals surface area (Å²) in [5, 5.41) is 25.4. The highest BCUT2D eigenvalue weighted by atomic mass is 35.5. The van der Waals surface area contributed by atoms with Gasteiger partial charge in [-0.25, -0.2) is 4.79 Å². The lowest BCUT2D eigenvalue weighted by Crippen LogP contribution is -2.49. The quantitative estimate of drug-likeness (QED) is 0.487. The number of phenolic OH excluding ortho intramolecular Hbond substituents is 1. The van der Waals surface area contributed by atoms with Crippen molar-refractivity contribution in [1.82, 2.24) is 10.6 Å². The summed E-state index contributed by atoms with van der Waals surface area (Å²) >= 11 is 5.88. The van der Waals surface area contributed by atoms with Crippen molar-refractivity contribution >= 4 is 23.6 Å². The van der Waals surface area contributed by atoms with E-state index in [0.717, 1.165) is 24.8 Å². The molecule has 3 unspecified atom stereocenters. The molecular weight excluding hydrogens is 442 g/mol. The number of carbonyl (C=O) groups is 2. The van der Waals surface area contributed by atoms with Crippen molar-refractivity contribution in [3.8, 4) is 11.8 Å². The van der Waals surface area contributed by atoms with Gasteiger partial charge in [-0.15, -0.1) is 0 Å². The Balaban J connectivity index is 1.49. The fraction of sp³-hybridized carbons (Fsp3) is 0.400. The highest BCUT2D eigenvalue weighted by Crippen LogP contribution is 2.26. The van der Waals surface area contributed by atoms with Crippen molar-refractivity contribution in [3.05, 3.63) is 64.7 Å². The normalized spacial score (nSPS) is 18.5. The SMILES string of the molecule is N#CC(NC(=O)C1CCCCC1NC(=O)OCCCc1ccc(Cl)cc1)c1cccc(O)c1. The summed E-state index contributed by atoms with van der Waals surface area (Å²) < 4.78 is 5.32. The molecule has 7 nitrogen and oxygen atoms in total. The van der Waals surface area contributed by atoms with E-state index in [1.807, 2.05) is 24.3 Å². The largest absolute Gasteiger partial charge is 0.508 e. The van der Waals surface area contributed by atoms with Gasteiger partial charge in [0, 0.05) is 11.1 Å². The van der Waals surface area contributed by atoms with E-state index >= 15 is 0 Å². The zero-order valence-corrected chi connectivity index (χ0v) is 19.1. The molecule has 0 aromatic heterocycles. The predicted octanol–water partition coefficient (Wildman–Crippen LogP) is 4.64. The number of halogens is 1. The number of aryl methyl sites for hydroxylation is 1. The number of nitrogens with one attached hydrogen (secondary N) is 2. The Morgan fingerprint density at radius 3 is 2.67 bits per heavy atom. The number of nitriles is 1. The molecule has 174 valence electrons. The van der Waals surface area contributed by atoms with Crippen LogP contribution in [0.1, 0.15) is 49.3 Å². The molecule has 8 heteroatoms. The van der Waals surface area contributed by atoms with E-state index in [9.17, 15) is 20.0 Å². The van der Waals surface area contributed by atoms with E-state index in [-0.39, 0.29) is 24.3 Å². The molecular formula is C25H28ClN3O4. The maximum Gasteiger partial charge on any atom is 0.407 e. The predicted molar refractivity (Wildman–Crippen MR) is 125 cm³/mol. The number of hydrogen-bond donors (Lipinski definition) is 3. The van der Waals surface area contributed by atoms with Gasteiger partial charge in [0.15, 0.2) is 0 Å². The van der Waals surface area contributed by atoms with Gasteiger partial charge in [-0.3, -0.25) is 4.79 Å². The summed E-state index contributed by atoms with van der Waals surface area (Å²) in [6, 6.07) is 14.6. The number of phenols is 1. The van der Waals surface area contributed by atoms with E-state index in [2.05, 4.69) is 16.7 Å². The van der Waals surface area contributed by atoms with Crippen molar-refractivity contribution < 1.29 is 19.4 Å². The highest BCUT2D eigenvalue weighted by molar-refractivity contribution is 6.30. The standard InChI is InChI=1S/C25H28ClN3O4/c26-19-12-10-17(11-13-19)5-4-14-33-25(32)29-22-9-2-1-8-21(22)24(31)28-23(16-27)18-6-3-7-20(30)15-18/h3,6-7,10-13,15,21-23,30H,1-2,4-5,8-9,14H2,(H,28,31)(H,29,32). The molecule has 3 rings (SSSR count). The Hall–Kier alpha value is -3.24. The second-order valence-corrected chi connectivity index (χ2v) is 8.61. The molecule has 33 heavy (non-hydrogen) atoms. The van der Waals surface area contributed by atoms with Crippen LogP contribution in [0, 0.1) is 17.2 Å². The minimum absolute atomic E-state index is 0.0259. The molecule has 1 aliphatic rings. The third kappa shape index (κ3) is 7.40. The monoisotopic (exact) mass is 469 g/mol. The molecule has 0 heterocycles. The average molecular weight is 470 g/mol. The number of alkyl carbamates (subject to hydrolysis) is 1. The van der Waals surface area contributed by atoms with Crippen LogP contribution in [0.4, 0.5) is 4.79 Å². The van der Waals surface area contributed by atoms with Crippen LogP contribution in [-0.4, -0.2) is 29.8 Å². The molecule has 2 amide bonds. The Labute approximate surface area is 198 Å². The molecule has 0 bridgehead atoms. The zero-order valence-electron chi connectivity index (χ0n) is 18.3. The third-order valence-electron chi connectivity index (χ3n) is 5.78. The fourth-order valence-corrected chi connectivity index (χ4v) is 4.17. The minimum Gasteiger partial charge on any atom is -0.508 e. The summed E-state index contributed by atoms with van der Waals surface area (Å²) in [6.45, 7) is 0.270. The lowest BCUT2D eigenvalue weighted by atomic mass is 9.83. The van der Waals surface area contributed by atoms with Gasteiger partial charge in [0.1, 0.15) is 11.8 Å². The van der Waals surface area contributed by atoms with Crippen molar-refractivity contribution in [2.75, 3.05) is 6.61 Å². The van der Waals surface area contributed by atoms with E-state index < -0.39 is 18.1 Å². The summed E-state index contributed by atoms with van der Waals surface area (Å²) in [5.41, 5.74) is 1.62. The van der Waals surface area contributed by atoms with Gasteiger partial charge in [-0.1, -0.05) is 48.7 Å². The molecule has 1 saturated carbocycles. The van der Waals surface area contributed by atoms with E-state index in [0.29, 0.717) is 29.8 Å². The van der Waals surface area contributed by atoms with Gasteiger partial charge in [0.05, 0.1) is 18.6 Å². The summed E-state index contributed by atoms with van der Waals surface area (Å²) in [4.78, 5) is 25.2. The third-order valence-corrected chi connectivity index (χ3v) is 6.03. The maximum atomic E-state index is 12.9. The van der Waals surface area contributed by atoms with Gasteiger partial charge < -0.3 is 20.5 Å². The molecule has 3 atom stereocenters. The number of amides is 2. The molecule has 2 aromatic rings. The van der Waals surface area contributed by atoms with E-state index in [4.69, 9.17) is 16.3 Å². The molecule has 1 fully saturated rings. The zero-order chi connectivity index (χ0) is 23.6. The topological polar surface area (TPSA) is 111 Å². The first-order valence-electron chi connectivity index (χ1n) is 11.1. The van der Waals surface area contributed by atoms with Gasteiger partial charge in [-0.2, -0.15) is 5.26 Å². The van der Waals surface area contributed by atoms with Crippen LogP contribution in [0.2, 0.25) is 5.02 Å². The molecule has 2 aromatic carbocycles. The number of carbonyl (C=O) groups excluding carboxylic acids is 2. The number of rotatable bonds is 8. The number of benzene rings is 2. The van der Waals surface area contributed by atoms with Crippen molar-refractivity contribution in [2.45, 2.75) is 50.6 Å². The first-order chi connectivity index (χ1) is 16.0. The minimum atomic E-state index is -0.882. The Kier molecular flexibility index (Phi) is 8.96. The first kappa shape index (κ1) is 24.4. The smallest absolute Gasteiger partial charge is 0.407 e. The van der Waals surface area contributed by atoms with Crippen LogP contribution in [0.5, 0.6) is 5.75 Å². The van der Waals surface area contributed by atoms with Crippen LogP contribution in [0.3, 0.4) is 0 Å². The van der Waals surface area contributed by atoms with Gasteiger partial charge in [-0.05, 0) is 61.1 Å². The maximum absolute atomic E-state index is 12.9. The summed E-state index contributed by atoms with van der Waals surface area (Å²) in [5.74, 6) is -0.718. The van der Waals surface area contributed by atoms with Crippen LogP contribution >= 0.6 is 11.6 Å². The van der Waals surface area contributed by atoms with Crippen LogP contribution in [-0.2, 0) is 16.0 Å². The van der Waals surface area contributed by atoms with Gasteiger partial charge in [0.2, 0.25) is 5.91 Å². The van der Waals surface area contributed by atoms with Crippen molar-refractivity contribution in [3.63, 3.8) is 0 Å². The Morgan fingerprint density at radius 2 is 1.94 bits per heavy atom. The Bertz CT molecular complexity index is 990. The van der Waals surface area contributed by atoms with Gasteiger partial charge in [0.25, 0.3) is 0 Å². The molecule has 0 aliphatic heterocycles. The Morgan fingerprint density at radius 1 is 1.18 bits per heavy atom. The van der Waals surface area contributed by atoms with Crippen LogP contribution in [0.25, 0.3) is 0 Å². The number of ether oxygens (including phenoxy) is 1. The lowest BCUT2D eigenvalue weighted by Gasteiger charge is -2.31. The highest BCUT2D eigenvalue weighted by Gasteiger charge is 2.33. The number of hydrogen-bond acceptors (Lipinski definition) is 5. The second kappa shape index (κ2) is 12.1. The second-order valence-electron chi connectivity index (χ2n) is 8.17. The molecule has 0 spiro atoms. The average Bonchev–Trinajstić information content (AvgIpc) is 2.81. The molecule has 0 radical (unpaired) electrons. The number of aromatic hydroxyl groups is 1. The molecule has 1 aliphatic carbocycles. The molecule has 0 saturated heterocycles. The molecule has 3 N–H and O–H groups in total. The van der Waals surface area contributed by atoms with Crippen LogP contribution < -0.4 is 10.6 Å². The first-order valence-corrected chi connectivity index (χ1v) is 11.5. The van der Waals surface area contributed by atoms with Crippen LogP contribution in [0.15, 0.2) is 48.5 Å². The van der Waals surface area contributed by atoms with E-state index in [1.54, 1.807) is 12.1 Å². The summed E-state index contributed by atoms with van der Waals surface area (Å²) in [7, 11) is 0. The summed E-state index contributed by atoms with van der Waals surface area (Å²) in [6.07, 6.45) is 3.96. The lowest BCUT2D eigenvalue weighted by molar-refractivity contribution is -0.127. The number of nitrogens with zero attached hydrogens (tertiary/aromatic N) is 1. The fourth-order valence-electron chi connectivity index (χ4n) is 4.05. The van der Waals surface area contributed by atoms with E-state index in [1.165, 1.54) is 12.1 Å². The van der Waals surface area contributed by atoms with Crippen molar-refractivity contribution in [1.29, 1.82) is 5.26 Å².